The lowest BCUT2D eigenvalue weighted by atomic mass is 10.0. The van der Waals surface area contributed by atoms with Crippen LogP contribution in [0.2, 0.25) is 5.02 Å². The lowest BCUT2D eigenvalue weighted by Gasteiger charge is -2.07. The molecule has 0 aliphatic carbocycles. The summed E-state index contributed by atoms with van der Waals surface area (Å²) in [6.07, 6.45) is -0.552. The standard InChI is InChI=1S/C13H15ClF3N/c1-18-8-10(13(16)17)6-2-4-9-5-3-7-11(14)12(9)15/h3,5,7,18H,2,4,6,8H2,1H3. The third-order valence-electron chi connectivity index (χ3n) is 2.61. The predicted octanol–water partition coefficient (Wildman–Crippen LogP) is 4.17. The summed E-state index contributed by atoms with van der Waals surface area (Å²) in [6, 6.07) is 4.74. The van der Waals surface area contributed by atoms with Crippen LogP contribution in [-0.4, -0.2) is 13.6 Å². The molecule has 1 aromatic rings. The Morgan fingerprint density at radius 2 is 2.06 bits per heavy atom. The van der Waals surface area contributed by atoms with Crippen LogP contribution < -0.4 is 5.32 Å². The topological polar surface area (TPSA) is 12.0 Å². The first-order chi connectivity index (χ1) is 8.56. The first-order valence-electron chi connectivity index (χ1n) is 5.66. The summed E-state index contributed by atoms with van der Waals surface area (Å²) < 4.78 is 38.5. The van der Waals surface area contributed by atoms with Gasteiger partial charge in [0.05, 0.1) is 5.02 Å². The van der Waals surface area contributed by atoms with Crippen LogP contribution in [-0.2, 0) is 6.42 Å². The average molecular weight is 278 g/mol. The first kappa shape index (κ1) is 15.1. The molecule has 0 bridgehead atoms. The van der Waals surface area contributed by atoms with E-state index >= 15 is 0 Å². The molecule has 0 aliphatic rings. The van der Waals surface area contributed by atoms with E-state index in [1.54, 1.807) is 19.2 Å². The highest BCUT2D eigenvalue weighted by Gasteiger charge is 2.08. The van der Waals surface area contributed by atoms with Gasteiger partial charge < -0.3 is 5.32 Å². The van der Waals surface area contributed by atoms with Crippen molar-refractivity contribution in [3.8, 4) is 0 Å². The molecule has 1 aromatic carbocycles. The van der Waals surface area contributed by atoms with Crippen LogP contribution in [0.5, 0.6) is 0 Å². The second-order valence-corrected chi connectivity index (χ2v) is 4.37. The van der Waals surface area contributed by atoms with E-state index in [1.807, 2.05) is 0 Å². The molecule has 5 heteroatoms. The van der Waals surface area contributed by atoms with Crippen molar-refractivity contribution >= 4 is 11.6 Å². The molecule has 0 fully saturated rings. The molecule has 0 radical (unpaired) electrons. The van der Waals surface area contributed by atoms with Crippen LogP contribution in [0.25, 0.3) is 0 Å². The zero-order chi connectivity index (χ0) is 13.5. The van der Waals surface area contributed by atoms with Gasteiger partial charge in [-0.1, -0.05) is 23.7 Å². The Labute approximate surface area is 110 Å². The van der Waals surface area contributed by atoms with E-state index in [4.69, 9.17) is 11.6 Å². The van der Waals surface area contributed by atoms with Gasteiger partial charge in [-0.2, -0.15) is 8.78 Å². The lowest BCUT2D eigenvalue weighted by molar-refractivity contribution is 0.403. The highest BCUT2D eigenvalue weighted by molar-refractivity contribution is 6.30. The number of hydrogen-bond acceptors (Lipinski definition) is 1. The molecule has 0 atom stereocenters. The maximum Gasteiger partial charge on any atom is 0.270 e. The van der Waals surface area contributed by atoms with Crippen LogP contribution in [0.4, 0.5) is 13.2 Å². The summed E-state index contributed by atoms with van der Waals surface area (Å²) in [5.41, 5.74) is 0.533. The third kappa shape index (κ3) is 4.35. The summed E-state index contributed by atoms with van der Waals surface area (Å²) in [5, 5.41) is 2.75. The Kier molecular flexibility index (Phi) is 6.22. The molecule has 1 rings (SSSR count). The van der Waals surface area contributed by atoms with Crippen molar-refractivity contribution in [2.45, 2.75) is 19.3 Å². The van der Waals surface area contributed by atoms with Crippen molar-refractivity contribution in [3.63, 3.8) is 0 Å². The smallest absolute Gasteiger partial charge is 0.270 e. The van der Waals surface area contributed by atoms with E-state index in [9.17, 15) is 13.2 Å². The molecule has 0 heterocycles. The minimum absolute atomic E-state index is 0.0650. The first-order valence-corrected chi connectivity index (χ1v) is 6.04. The van der Waals surface area contributed by atoms with Gasteiger partial charge in [0.1, 0.15) is 5.82 Å². The predicted molar refractivity (Wildman–Crippen MR) is 67.5 cm³/mol. The average Bonchev–Trinajstić information content (AvgIpc) is 2.33. The monoisotopic (exact) mass is 277 g/mol. The fraction of sp³-hybridized carbons (Fsp3) is 0.385. The Balaban J connectivity index is 2.56. The quantitative estimate of drug-likeness (QED) is 0.823. The lowest BCUT2D eigenvalue weighted by Crippen LogP contribution is -2.11. The molecule has 0 aliphatic heterocycles. The maximum atomic E-state index is 13.5. The summed E-state index contributed by atoms with van der Waals surface area (Å²) >= 11 is 5.64. The molecular weight excluding hydrogens is 263 g/mol. The van der Waals surface area contributed by atoms with Crippen LogP contribution in [0.15, 0.2) is 29.9 Å². The van der Waals surface area contributed by atoms with E-state index in [2.05, 4.69) is 5.32 Å². The van der Waals surface area contributed by atoms with Crippen molar-refractivity contribution < 1.29 is 13.2 Å². The van der Waals surface area contributed by atoms with Crippen LogP contribution >= 0.6 is 11.6 Å². The number of rotatable bonds is 6. The van der Waals surface area contributed by atoms with Gasteiger partial charge in [0.25, 0.3) is 6.08 Å². The normalized spacial score (nSPS) is 10.5. The third-order valence-corrected chi connectivity index (χ3v) is 2.91. The van der Waals surface area contributed by atoms with Gasteiger partial charge in [-0.25, -0.2) is 4.39 Å². The SMILES string of the molecule is CNCC(CCCc1cccc(Cl)c1F)=C(F)F. The van der Waals surface area contributed by atoms with Gasteiger partial charge in [-0.15, -0.1) is 0 Å². The van der Waals surface area contributed by atoms with Crippen molar-refractivity contribution in [1.82, 2.24) is 5.32 Å². The molecule has 0 aromatic heterocycles. The zero-order valence-corrected chi connectivity index (χ0v) is 10.8. The summed E-state index contributed by atoms with van der Waals surface area (Å²) in [7, 11) is 1.61. The Morgan fingerprint density at radius 3 is 2.67 bits per heavy atom. The van der Waals surface area contributed by atoms with Crippen LogP contribution in [0.1, 0.15) is 18.4 Å². The minimum Gasteiger partial charge on any atom is -0.316 e. The number of halogens is 4. The molecule has 0 saturated heterocycles. The van der Waals surface area contributed by atoms with Gasteiger partial charge in [0.2, 0.25) is 0 Å². The van der Waals surface area contributed by atoms with Crippen LogP contribution in [0, 0.1) is 5.82 Å². The van der Waals surface area contributed by atoms with Gasteiger partial charge in [0, 0.05) is 12.1 Å². The van der Waals surface area contributed by atoms with Crippen molar-refractivity contribution in [2.24, 2.45) is 0 Å². The Hall–Kier alpha value is -1.00. The summed E-state index contributed by atoms with van der Waals surface area (Å²) in [4.78, 5) is 0. The molecular formula is C13H15ClF3N. The molecule has 0 spiro atoms. The maximum absolute atomic E-state index is 13.5. The number of nitrogens with one attached hydrogen (secondary N) is 1. The van der Waals surface area contributed by atoms with Crippen molar-refractivity contribution in [1.29, 1.82) is 0 Å². The highest BCUT2D eigenvalue weighted by atomic mass is 35.5. The molecule has 18 heavy (non-hydrogen) atoms. The van der Waals surface area contributed by atoms with Crippen molar-refractivity contribution in [2.75, 3.05) is 13.6 Å². The number of aryl methyl sites for hydroxylation is 1. The fourth-order valence-electron chi connectivity index (χ4n) is 1.70. The Bertz CT molecular complexity index is 428. The largest absolute Gasteiger partial charge is 0.316 e. The van der Waals surface area contributed by atoms with Gasteiger partial charge in [0.15, 0.2) is 0 Å². The minimum atomic E-state index is -1.66. The molecule has 1 N–H and O–H groups in total. The second-order valence-electron chi connectivity index (χ2n) is 3.96. The van der Waals surface area contributed by atoms with Crippen LogP contribution in [0.3, 0.4) is 0 Å². The van der Waals surface area contributed by atoms with E-state index in [0.29, 0.717) is 18.4 Å². The molecule has 100 valence electrons. The van der Waals surface area contributed by atoms with E-state index in [-0.39, 0.29) is 23.6 Å². The number of likely N-dealkylation sites (N-methyl/N-ethyl adjacent to an activating group) is 1. The zero-order valence-electron chi connectivity index (χ0n) is 10.1. The summed E-state index contributed by atoms with van der Waals surface area (Å²) in [5.74, 6) is -0.459. The van der Waals surface area contributed by atoms with Gasteiger partial charge >= 0.3 is 0 Å². The number of benzene rings is 1. The van der Waals surface area contributed by atoms with E-state index < -0.39 is 11.9 Å². The Morgan fingerprint density at radius 1 is 1.33 bits per heavy atom. The van der Waals surface area contributed by atoms with E-state index in [1.165, 1.54) is 6.07 Å². The van der Waals surface area contributed by atoms with Crippen molar-refractivity contribution in [3.05, 3.63) is 46.3 Å². The second kappa shape index (κ2) is 7.44. The van der Waals surface area contributed by atoms with Gasteiger partial charge in [-0.05, 0) is 37.9 Å². The summed E-state index contributed by atoms with van der Waals surface area (Å²) in [6.45, 7) is 0.153. The van der Waals surface area contributed by atoms with E-state index in [0.717, 1.165) is 0 Å². The molecule has 0 amide bonds. The highest BCUT2D eigenvalue weighted by Crippen LogP contribution is 2.21. The van der Waals surface area contributed by atoms with Gasteiger partial charge in [-0.3, -0.25) is 0 Å². The molecule has 1 nitrogen and oxygen atoms in total. The molecule has 0 saturated carbocycles. The molecule has 0 unspecified atom stereocenters. The number of hydrogen-bond donors (Lipinski definition) is 1. The fourth-order valence-corrected chi connectivity index (χ4v) is 1.89.